The van der Waals surface area contributed by atoms with Gasteiger partial charge in [0.2, 0.25) is 10.0 Å². The largest absolute Gasteiger partial charge is 0.295 e. The molecule has 1 fully saturated rings. The minimum atomic E-state index is -3.24. The Bertz CT molecular complexity index is 1180. The highest BCUT2D eigenvalue weighted by atomic mass is 32.2. The standard InChI is InChI=1S/C26H29N5O2S/c1-28-34(32,33)19-20-9-13-31(14-10-20)26(22-6-2-5-21(15-22)16-27)25(23-7-3-11-29-17-23)24-8-4-12-30-18-24/h2-8,11-12,15,17-18,20,25-26,28H,9-10,13-14,19H2,1H3. The Hall–Kier alpha value is -3.12. The van der Waals surface area contributed by atoms with Crippen molar-refractivity contribution in [3.63, 3.8) is 0 Å². The number of piperidine rings is 1. The molecule has 34 heavy (non-hydrogen) atoms. The zero-order valence-corrected chi connectivity index (χ0v) is 20.0. The number of nitrogens with one attached hydrogen (secondary N) is 1. The van der Waals surface area contributed by atoms with Crippen molar-refractivity contribution < 1.29 is 8.42 Å². The van der Waals surface area contributed by atoms with Crippen molar-refractivity contribution in [1.82, 2.24) is 19.6 Å². The third kappa shape index (κ3) is 5.68. The molecule has 0 amide bonds. The Balaban J connectivity index is 1.73. The molecule has 1 saturated heterocycles. The molecule has 1 aliphatic heterocycles. The van der Waals surface area contributed by atoms with Crippen LogP contribution in [0.5, 0.6) is 0 Å². The Morgan fingerprint density at radius 1 is 1.03 bits per heavy atom. The molecule has 7 nitrogen and oxygen atoms in total. The van der Waals surface area contributed by atoms with Gasteiger partial charge in [0.25, 0.3) is 0 Å². The van der Waals surface area contributed by atoms with E-state index in [1.165, 1.54) is 7.05 Å². The number of hydrogen-bond acceptors (Lipinski definition) is 6. The summed E-state index contributed by atoms with van der Waals surface area (Å²) in [6.07, 6.45) is 8.91. The predicted molar refractivity (Wildman–Crippen MR) is 131 cm³/mol. The summed E-state index contributed by atoms with van der Waals surface area (Å²) < 4.78 is 26.6. The van der Waals surface area contributed by atoms with E-state index in [1.54, 1.807) is 12.4 Å². The summed E-state index contributed by atoms with van der Waals surface area (Å²) in [5, 5.41) is 9.55. The van der Waals surface area contributed by atoms with Crippen LogP contribution in [0.2, 0.25) is 0 Å². The van der Waals surface area contributed by atoms with Gasteiger partial charge in [-0.3, -0.25) is 14.9 Å². The lowest BCUT2D eigenvalue weighted by Gasteiger charge is -2.41. The van der Waals surface area contributed by atoms with Crippen molar-refractivity contribution in [1.29, 1.82) is 5.26 Å². The normalized spacial score (nSPS) is 16.3. The maximum atomic E-state index is 12.1. The van der Waals surface area contributed by atoms with Crippen LogP contribution in [0.4, 0.5) is 0 Å². The van der Waals surface area contributed by atoms with Crippen molar-refractivity contribution in [2.24, 2.45) is 5.92 Å². The molecule has 0 saturated carbocycles. The second kappa shape index (κ2) is 10.9. The summed E-state index contributed by atoms with van der Waals surface area (Å²) >= 11 is 0. The molecule has 1 aromatic carbocycles. The SMILES string of the molecule is CNS(=O)(=O)CC1CCN(C(c2cccc(C#N)c2)C(c2cccnc2)c2cccnc2)CC1. The molecule has 4 rings (SSSR count). The van der Waals surface area contributed by atoms with Crippen molar-refractivity contribution in [3.8, 4) is 6.07 Å². The van der Waals surface area contributed by atoms with E-state index in [9.17, 15) is 13.7 Å². The molecule has 8 heteroatoms. The van der Waals surface area contributed by atoms with Crippen LogP contribution in [0.3, 0.4) is 0 Å². The molecule has 176 valence electrons. The first-order valence-corrected chi connectivity index (χ1v) is 13.1. The van der Waals surface area contributed by atoms with Gasteiger partial charge < -0.3 is 0 Å². The highest BCUT2D eigenvalue weighted by Gasteiger charge is 2.35. The van der Waals surface area contributed by atoms with Crippen molar-refractivity contribution in [2.75, 3.05) is 25.9 Å². The lowest BCUT2D eigenvalue weighted by atomic mass is 9.80. The third-order valence-corrected chi connectivity index (χ3v) is 8.10. The van der Waals surface area contributed by atoms with Crippen LogP contribution in [0, 0.1) is 17.2 Å². The summed E-state index contributed by atoms with van der Waals surface area (Å²) in [6, 6.07) is 18.0. The van der Waals surface area contributed by atoms with E-state index >= 15 is 0 Å². The van der Waals surface area contributed by atoms with Crippen LogP contribution in [0.15, 0.2) is 73.3 Å². The fraction of sp³-hybridized carbons (Fsp3) is 0.346. The number of pyridine rings is 2. The van der Waals surface area contributed by atoms with Gasteiger partial charge in [0.1, 0.15) is 0 Å². The number of aromatic nitrogens is 2. The van der Waals surface area contributed by atoms with Gasteiger partial charge in [-0.1, -0.05) is 24.3 Å². The number of sulfonamides is 1. The van der Waals surface area contributed by atoms with Crippen LogP contribution in [-0.4, -0.2) is 49.2 Å². The van der Waals surface area contributed by atoms with Crippen molar-refractivity contribution in [3.05, 3.63) is 95.6 Å². The van der Waals surface area contributed by atoms with Gasteiger partial charge in [-0.2, -0.15) is 5.26 Å². The molecular weight excluding hydrogens is 446 g/mol. The van der Waals surface area contributed by atoms with E-state index in [4.69, 9.17) is 0 Å². The van der Waals surface area contributed by atoms with Crippen molar-refractivity contribution >= 4 is 10.0 Å². The summed E-state index contributed by atoms with van der Waals surface area (Å²) in [6.45, 7) is 1.53. The topological polar surface area (TPSA) is 99.0 Å². The molecular formula is C26H29N5O2S. The van der Waals surface area contributed by atoms with E-state index in [0.717, 1.165) is 42.6 Å². The van der Waals surface area contributed by atoms with Gasteiger partial charge in [-0.15, -0.1) is 0 Å². The third-order valence-electron chi connectivity index (χ3n) is 6.57. The molecule has 3 heterocycles. The Morgan fingerprint density at radius 2 is 1.65 bits per heavy atom. The molecule has 3 aromatic rings. The lowest BCUT2D eigenvalue weighted by Crippen LogP contribution is -2.41. The van der Waals surface area contributed by atoms with Crippen LogP contribution >= 0.6 is 0 Å². The van der Waals surface area contributed by atoms with Crippen LogP contribution in [0.25, 0.3) is 0 Å². The minimum absolute atomic E-state index is 0.0473. The van der Waals surface area contributed by atoms with Crippen molar-refractivity contribution in [2.45, 2.75) is 24.8 Å². The van der Waals surface area contributed by atoms with E-state index in [0.29, 0.717) is 5.56 Å². The molecule has 1 aliphatic rings. The zero-order valence-electron chi connectivity index (χ0n) is 19.2. The van der Waals surface area contributed by atoms with Gasteiger partial charge in [0.15, 0.2) is 0 Å². The van der Waals surface area contributed by atoms with E-state index < -0.39 is 10.0 Å². The number of hydrogen-bond donors (Lipinski definition) is 1. The van der Waals surface area contributed by atoms with Gasteiger partial charge in [0, 0.05) is 36.7 Å². The maximum absolute atomic E-state index is 12.1. The Labute approximate surface area is 201 Å². The first-order valence-electron chi connectivity index (χ1n) is 11.5. The number of benzene rings is 1. The molecule has 0 bridgehead atoms. The summed E-state index contributed by atoms with van der Waals surface area (Å²) in [5.74, 6) is 0.226. The van der Waals surface area contributed by atoms with E-state index in [-0.39, 0.29) is 23.6 Å². The van der Waals surface area contributed by atoms with Gasteiger partial charge in [-0.05, 0) is 79.9 Å². The van der Waals surface area contributed by atoms with Crippen LogP contribution in [-0.2, 0) is 10.0 Å². The smallest absolute Gasteiger partial charge is 0.211 e. The highest BCUT2D eigenvalue weighted by Crippen LogP contribution is 2.42. The fourth-order valence-corrected chi connectivity index (χ4v) is 6.00. The maximum Gasteiger partial charge on any atom is 0.211 e. The molecule has 2 aromatic heterocycles. The monoisotopic (exact) mass is 475 g/mol. The number of likely N-dealkylation sites (tertiary alicyclic amines) is 1. The zero-order chi connectivity index (χ0) is 24.0. The number of nitriles is 1. The predicted octanol–water partition coefficient (Wildman–Crippen LogP) is 3.48. The molecule has 0 radical (unpaired) electrons. The summed E-state index contributed by atoms with van der Waals surface area (Å²) in [4.78, 5) is 11.2. The van der Waals surface area contributed by atoms with E-state index in [1.807, 2.05) is 42.7 Å². The first-order chi connectivity index (χ1) is 16.5. The molecule has 1 N–H and O–H groups in total. The van der Waals surface area contributed by atoms with Gasteiger partial charge in [0.05, 0.1) is 17.4 Å². The second-order valence-electron chi connectivity index (χ2n) is 8.70. The van der Waals surface area contributed by atoms with E-state index in [2.05, 4.69) is 43.9 Å². The minimum Gasteiger partial charge on any atom is -0.295 e. The van der Waals surface area contributed by atoms with Crippen LogP contribution in [0.1, 0.15) is 47.1 Å². The quantitative estimate of drug-likeness (QED) is 0.536. The molecule has 0 aliphatic carbocycles. The molecule has 1 atom stereocenters. The number of nitrogens with zero attached hydrogens (tertiary/aromatic N) is 4. The lowest BCUT2D eigenvalue weighted by molar-refractivity contribution is 0.127. The average molecular weight is 476 g/mol. The van der Waals surface area contributed by atoms with Crippen LogP contribution < -0.4 is 4.72 Å². The average Bonchev–Trinajstić information content (AvgIpc) is 2.88. The fourth-order valence-electron chi connectivity index (χ4n) is 4.87. The van der Waals surface area contributed by atoms with Gasteiger partial charge in [-0.25, -0.2) is 13.1 Å². The Kier molecular flexibility index (Phi) is 7.68. The van der Waals surface area contributed by atoms with Gasteiger partial charge >= 0.3 is 0 Å². The summed E-state index contributed by atoms with van der Waals surface area (Å²) in [7, 11) is -1.77. The molecule has 0 spiro atoms. The first kappa shape index (κ1) is 24.0. The molecule has 1 unspecified atom stereocenters. The Morgan fingerprint density at radius 3 is 2.18 bits per heavy atom. The summed E-state index contributed by atoms with van der Waals surface area (Å²) in [5.41, 5.74) is 3.82. The highest BCUT2D eigenvalue weighted by molar-refractivity contribution is 7.89. The number of rotatable bonds is 8. The second-order valence-corrected chi connectivity index (χ2v) is 10.7.